The largest absolute Gasteiger partial charge is 0.461 e. The van der Waals surface area contributed by atoms with Gasteiger partial charge in [0.1, 0.15) is 18.7 Å². The summed E-state index contributed by atoms with van der Waals surface area (Å²) in [6.07, 6.45) is 2.40. The van der Waals surface area contributed by atoms with Gasteiger partial charge in [-0.15, -0.1) is 0 Å². The van der Waals surface area contributed by atoms with E-state index in [4.69, 9.17) is 23.7 Å². The summed E-state index contributed by atoms with van der Waals surface area (Å²) in [5.74, 6) is -2.99. The predicted octanol–water partition coefficient (Wildman–Crippen LogP) is 1.21. The topological polar surface area (TPSA) is 217 Å². The average molecular weight is 742 g/mol. The van der Waals surface area contributed by atoms with E-state index in [9.17, 15) is 33.6 Å². The summed E-state index contributed by atoms with van der Waals surface area (Å²) in [6.45, 7) is 9.32. The van der Waals surface area contributed by atoms with Crippen molar-refractivity contribution in [2.45, 2.75) is 59.2 Å². The molecule has 2 rings (SSSR count). The summed E-state index contributed by atoms with van der Waals surface area (Å²) < 4.78 is 26.8. The lowest BCUT2D eigenvalue weighted by atomic mass is 10.2. The number of amides is 6. The number of carbonyl (C=O) groups is 7. The van der Waals surface area contributed by atoms with Gasteiger partial charge in [-0.25, -0.2) is 0 Å². The molecule has 1 aromatic rings. The molecule has 17 nitrogen and oxygen atoms in total. The Kier molecular flexibility index (Phi) is 20.4. The third-order valence-corrected chi connectivity index (χ3v) is 7.22. The Labute approximate surface area is 309 Å². The summed E-state index contributed by atoms with van der Waals surface area (Å²) in [5.41, 5.74) is 1.28. The molecule has 0 radical (unpaired) electrons. The minimum Gasteiger partial charge on any atom is -0.461 e. The molecule has 0 saturated heterocycles. The standard InChI is InChI=1S/C35H51N5O12.4H2/c1-24(2)35(47)52-23-27-5-7-28(8-6-27)39-34(46)26(4)38-33(45)25(3)37-30(42)12-15-48-17-19-50-21-22-51-20-18-49-16-13-36-29(41)11-14-40-31(43)9-10-32(40)44;;;;/h5-10,24-26H,11-23H2,1-4H3,(H,36,41)(H,37,42)(H,38,45)(H,39,46);4*1H/t25?,26-;;;;/m0..../s1. The number of imide groups is 1. The highest BCUT2D eigenvalue weighted by Crippen LogP contribution is 2.12. The van der Waals surface area contributed by atoms with E-state index in [1.165, 1.54) is 26.0 Å². The molecule has 296 valence electrons. The van der Waals surface area contributed by atoms with Crippen LogP contribution in [0.5, 0.6) is 0 Å². The SMILES string of the molecule is CC(C)C(=O)OCc1ccc(NC(=O)[C@H](C)NC(=O)C(C)NC(=O)CCOCCOCCOCCOCCNC(=O)CCN2C(=O)C=CC2=O)cc1.[HH].[HH].[HH].[HH]. The second-order valence-corrected chi connectivity index (χ2v) is 11.9. The Morgan fingerprint density at radius 3 is 1.79 bits per heavy atom. The van der Waals surface area contributed by atoms with E-state index in [0.29, 0.717) is 38.7 Å². The molecular formula is C35H59N5O12. The van der Waals surface area contributed by atoms with Crippen LogP contribution < -0.4 is 21.3 Å². The zero-order chi connectivity index (χ0) is 38.3. The number of nitrogens with one attached hydrogen (secondary N) is 4. The number of carbonyl (C=O) groups excluding carboxylic acids is 7. The lowest BCUT2D eigenvalue weighted by Crippen LogP contribution is -2.50. The van der Waals surface area contributed by atoms with Crippen molar-refractivity contribution in [3.8, 4) is 0 Å². The van der Waals surface area contributed by atoms with Crippen LogP contribution in [0.3, 0.4) is 0 Å². The van der Waals surface area contributed by atoms with E-state index in [2.05, 4.69) is 21.3 Å². The highest BCUT2D eigenvalue weighted by molar-refractivity contribution is 6.13. The van der Waals surface area contributed by atoms with Crippen molar-refractivity contribution in [1.29, 1.82) is 0 Å². The van der Waals surface area contributed by atoms with Crippen molar-refractivity contribution >= 4 is 47.1 Å². The normalized spacial score (nSPS) is 13.5. The number of rotatable bonds is 26. The summed E-state index contributed by atoms with van der Waals surface area (Å²) in [4.78, 5) is 84.7. The van der Waals surface area contributed by atoms with Crippen molar-refractivity contribution < 1.29 is 63.0 Å². The van der Waals surface area contributed by atoms with E-state index in [-0.39, 0.29) is 81.8 Å². The van der Waals surface area contributed by atoms with E-state index in [1.807, 2.05) is 0 Å². The lowest BCUT2D eigenvalue weighted by Gasteiger charge is -2.18. The molecule has 17 heteroatoms. The molecular weight excluding hydrogens is 682 g/mol. The first kappa shape index (κ1) is 43.5. The Morgan fingerprint density at radius 2 is 1.21 bits per heavy atom. The van der Waals surface area contributed by atoms with Crippen LogP contribution >= 0.6 is 0 Å². The van der Waals surface area contributed by atoms with Gasteiger partial charge >= 0.3 is 5.97 Å². The average Bonchev–Trinajstić information content (AvgIpc) is 3.44. The van der Waals surface area contributed by atoms with Gasteiger partial charge in [0.25, 0.3) is 11.8 Å². The van der Waals surface area contributed by atoms with Crippen LogP contribution in [0.1, 0.15) is 51.8 Å². The van der Waals surface area contributed by atoms with Crippen LogP contribution in [0.25, 0.3) is 0 Å². The van der Waals surface area contributed by atoms with Gasteiger partial charge in [0, 0.05) is 49.5 Å². The maximum atomic E-state index is 12.6. The highest BCUT2D eigenvalue weighted by atomic mass is 16.6. The summed E-state index contributed by atoms with van der Waals surface area (Å²) in [6, 6.07) is 5.04. The molecule has 1 heterocycles. The molecule has 0 bridgehead atoms. The third-order valence-electron chi connectivity index (χ3n) is 7.22. The Bertz CT molecular complexity index is 1370. The molecule has 1 aliphatic rings. The van der Waals surface area contributed by atoms with Gasteiger partial charge in [-0.05, 0) is 31.5 Å². The molecule has 2 atom stereocenters. The monoisotopic (exact) mass is 741 g/mol. The summed E-state index contributed by atoms with van der Waals surface area (Å²) in [5, 5.41) is 10.5. The molecule has 0 fully saturated rings. The van der Waals surface area contributed by atoms with E-state index >= 15 is 0 Å². The van der Waals surface area contributed by atoms with Crippen molar-refractivity contribution in [3.63, 3.8) is 0 Å². The molecule has 52 heavy (non-hydrogen) atoms. The summed E-state index contributed by atoms with van der Waals surface area (Å²) in [7, 11) is 0. The molecule has 1 unspecified atom stereocenters. The number of hydrogen-bond donors (Lipinski definition) is 4. The number of benzene rings is 1. The fourth-order valence-corrected chi connectivity index (χ4v) is 4.18. The number of esters is 1. The molecule has 6 amide bonds. The van der Waals surface area contributed by atoms with Crippen LogP contribution in [0.15, 0.2) is 36.4 Å². The molecule has 0 saturated carbocycles. The van der Waals surface area contributed by atoms with E-state index in [1.54, 1.807) is 38.1 Å². The zero-order valence-corrected chi connectivity index (χ0v) is 30.2. The third kappa shape index (κ3) is 18.0. The number of nitrogens with zero attached hydrogens (tertiary/aromatic N) is 1. The minimum atomic E-state index is -0.874. The van der Waals surface area contributed by atoms with Gasteiger partial charge in [-0.3, -0.25) is 38.5 Å². The van der Waals surface area contributed by atoms with Crippen LogP contribution in [0.4, 0.5) is 5.69 Å². The molecule has 4 N–H and O–H groups in total. The van der Waals surface area contributed by atoms with Gasteiger partial charge < -0.3 is 45.0 Å². The smallest absolute Gasteiger partial charge is 0.308 e. The first-order chi connectivity index (χ1) is 24.9. The predicted molar refractivity (Wildman–Crippen MR) is 195 cm³/mol. The molecule has 1 aromatic carbocycles. The van der Waals surface area contributed by atoms with Gasteiger partial charge in [0.15, 0.2) is 0 Å². The molecule has 1 aliphatic heterocycles. The van der Waals surface area contributed by atoms with Gasteiger partial charge in [0.2, 0.25) is 23.6 Å². The van der Waals surface area contributed by atoms with Crippen molar-refractivity contribution in [2.75, 3.05) is 71.3 Å². The van der Waals surface area contributed by atoms with E-state index < -0.39 is 35.7 Å². The maximum absolute atomic E-state index is 12.6. The van der Waals surface area contributed by atoms with Crippen LogP contribution in [-0.2, 0) is 63.9 Å². The van der Waals surface area contributed by atoms with E-state index in [0.717, 1.165) is 10.5 Å². The van der Waals surface area contributed by atoms with Crippen molar-refractivity contribution in [3.05, 3.63) is 42.0 Å². The van der Waals surface area contributed by atoms with Gasteiger partial charge in [-0.1, -0.05) is 26.0 Å². The first-order valence-electron chi connectivity index (χ1n) is 17.1. The number of hydrogen-bond acceptors (Lipinski definition) is 12. The van der Waals surface area contributed by atoms with Crippen LogP contribution in [-0.4, -0.2) is 124 Å². The molecule has 0 aliphatic carbocycles. The van der Waals surface area contributed by atoms with Crippen molar-refractivity contribution in [2.24, 2.45) is 5.92 Å². The molecule has 0 spiro atoms. The van der Waals surface area contributed by atoms with Gasteiger partial charge in [-0.2, -0.15) is 0 Å². The van der Waals surface area contributed by atoms with Crippen LogP contribution in [0, 0.1) is 5.92 Å². The van der Waals surface area contributed by atoms with Gasteiger partial charge in [0.05, 0.1) is 58.8 Å². The Balaban J connectivity index is -0.00000702. The number of ether oxygens (including phenoxy) is 5. The fourth-order valence-electron chi connectivity index (χ4n) is 4.18. The second kappa shape index (κ2) is 24.5. The Hall–Kier alpha value is -4.71. The Morgan fingerprint density at radius 1 is 0.673 bits per heavy atom. The quantitative estimate of drug-likeness (QED) is 0.0599. The zero-order valence-electron chi connectivity index (χ0n) is 30.2. The maximum Gasteiger partial charge on any atom is 0.308 e. The fraction of sp³-hybridized carbons (Fsp3) is 0.571. The number of anilines is 1. The lowest BCUT2D eigenvalue weighted by molar-refractivity contribution is -0.148. The highest BCUT2D eigenvalue weighted by Gasteiger charge is 2.24. The van der Waals surface area contributed by atoms with Crippen molar-refractivity contribution in [1.82, 2.24) is 20.9 Å². The molecule has 0 aromatic heterocycles. The first-order valence-corrected chi connectivity index (χ1v) is 17.1. The van der Waals surface area contributed by atoms with Crippen LogP contribution in [0.2, 0.25) is 0 Å². The summed E-state index contributed by atoms with van der Waals surface area (Å²) >= 11 is 0. The minimum absolute atomic E-state index is 0. The second-order valence-electron chi connectivity index (χ2n) is 11.9.